The summed E-state index contributed by atoms with van der Waals surface area (Å²) in [6.07, 6.45) is 1.18. The number of carbonyl (C=O) groups is 2. The molecule has 1 spiro atoms. The Balaban J connectivity index is 1.66. The fourth-order valence-corrected chi connectivity index (χ4v) is 3.60. The highest BCUT2D eigenvalue weighted by atomic mass is 19.1. The van der Waals surface area contributed by atoms with E-state index < -0.39 is 11.2 Å². The Morgan fingerprint density at radius 2 is 1.85 bits per heavy atom. The summed E-state index contributed by atoms with van der Waals surface area (Å²) in [4.78, 5) is 26.2. The molecule has 1 atom stereocenters. The highest BCUT2D eigenvalue weighted by Crippen LogP contribution is 2.41. The second kappa shape index (κ2) is 6.99. The van der Waals surface area contributed by atoms with E-state index in [0.717, 1.165) is 5.56 Å². The smallest absolute Gasteiger partial charge is 0.410 e. The first-order valence-corrected chi connectivity index (χ1v) is 9.09. The van der Waals surface area contributed by atoms with Gasteiger partial charge in [0.2, 0.25) is 0 Å². The Hall–Kier alpha value is -1.95. The quantitative estimate of drug-likeness (QED) is 0.756. The van der Waals surface area contributed by atoms with Crippen molar-refractivity contribution in [2.75, 3.05) is 13.1 Å². The number of hydrogen-bond donors (Lipinski definition) is 0. The molecule has 2 aliphatic rings. The number of ether oxygens (including phenoxy) is 2. The van der Waals surface area contributed by atoms with Crippen molar-refractivity contribution in [3.05, 3.63) is 35.6 Å². The summed E-state index contributed by atoms with van der Waals surface area (Å²) < 4.78 is 24.9. The molecule has 0 bridgehead atoms. The maximum atomic E-state index is 13.2. The van der Waals surface area contributed by atoms with Gasteiger partial charge in [-0.2, -0.15) is 0 Å². The van der Waals surface area contributed by atoms with Crippen LogP contribution in [0, 0.1) is 5.82 Å². The zero-order chi connectivity index (χ0) is 18.9. The topological polar surface area (TPSA) is 55.8 Å². The summed E-state index contributed by atoms with van der Waals surface area (Å²) in [6, 6.07) is 6.11. The summed E-state index contributed by atoms with van der Waals surface area (Å²) in [5.41, 5.74) is -0.266. The molecule has 0 aliphatic carbocycles. The third-order valence-electron chi connectivity index (χ3n) is 4.89. The lowest BCUT2D eigenvalue weighted by Gasteiger charge is -2.46. The van der Waals surface area contributed by atoms with E-state index in [0.29, 0.717) is 38.8 Å². The van der Waals surface area contributed by atoms with Gasteiger partial charge in [-0.3, -0.25) is 4.79 Å². The van der Waals surface area contributed by atoms with Crippen LogP contribution in [0.4, 0.5) is 9.18 Å². The molecule has 2 saturated heterocycles. The molecule has 1 unspecified atom stereocenters. The largest absolute Gasteiger partial charge is 0.444 e. The number of rotatable bonds is 1. The van der Waals surface area contributed by atoms with E-state index in [1.54, 1.807) is 17.0 Å². The summed E-state index contributed by atoms with van der Waals surface area (Å²) in [5.74, 6) is -0.160. The normalized spacial score (nSPS) is 23.2. The average Bonchev–Trinajstić information content (AvgIpc) is 2.53. The van der Waals surface area contributed by atoms with Gasteiger partial charge in [0.1, 0.15) is 17.2 Å². The van der Waals surface area contributed by atoms with Crippen LogP contribution < -0.4 is 0 Å². The minimum absolute atomic E-state index is 0.149. The highest BCUT2D eigenvalue weighted by Gasteiger charge is 2.44. The van der Waals surface area contributed by atoms with E-state index in [-0.39, 0.29) is 23.8 Å². The van der Waals surface area contributed by atoms with Crippen LogP contribution in [-0.2, 0) is 14.3 Å². The van der Waals surface area contributed by atoms with Gasteiger partial charge in [-0.15, -0.1) is 0 Å². The molecule has 5 nitrogen and oxygen atoms in total. The summed E-state index contributed by atoms with van der Waals surface area (Å²) in [7, 11) is 0. The summed E-state index contributed by atoms with van der Waals surface area (Å²) in [5, 5.41) is 0. The van der Waals surface area contributed by atoms with Crippen LogP contribution >= 0.6 is 0 Å². The van der Waals surface area contributed by atoms with Crippen molar-refractivity contribution < 1.29 is 23.5 Å². The van der Waals surface area contributed by atoms with Crippen LogP contribution in [-0.4, -0.2) is 41.1 Å². The van der Waals surface area contributed by atoms with Gasteiger partial charge in [-0.25, -0.2) is 9.18 Å². The molecule has 142 valence electrons. The van der Waals surface area contributed by atoms with Crippen molar-refractivity contribution >= 4 is 11.9 Å². The third-order valence-corrected chi connectivity index (χ3v) is 4.89. The molecule has 26 heavy (non-hydrogen) atoms. The van der Waals surface area contributed by atoms with Crippen LogP contribution in [0.5, 0.6) is 0 Å². The molecule has 0 N–H and O–H groups in total. The van der Waals surface area contributed by atoms with Gasteiger partial charge >= 0.3 is 6.09 Å². The molecule has 2 heterocycles. The molecular formula is C20H26FNO4. The zero-order valence-electron chi connectivity index (χ0n) is 15.6. The van der Waals surface area contributed by atoms with Gasteiger partial charge < -0.3 is 14.4 Å². The number of hydrogen-bond acceptors (Lipinski definition) is 4. The molecule has 0 radical (unpaired) electrons. The molecule has 3 rings (SSSR count). The van der Waals surface area contributed by atoms with Gasteiger partial charge in [0.05, 0.1) is 11.7 Å². The summed E-state index contributed by atoms with van der Waals surface area (Å²) >= 11 is 0. The predicted octanol–water partition coefficient (Wildman–Crippen LogP) is 4.02. The number of benzene rings is 1. The number of carbonyl (C=O) groups excluding carboxylic acids is 2. The SMILES string of the molecule is CC(C)(C)OC(=O)N1CCC2(CC1)CC(=O)CC(c1ccc(F)cc1)O2. The summed E-state index contributed by atoms with van der Waals surface area (Å²) in [6.45, 7) is 6.52. The molecule has 1 amide bonds. The van der Waals surface area contributed by atoms with E-state index in [4.69, 9.17) is 9.47 Å². The van der Waals surface area contributed by atoms with E-state index in [1.165, 1.54) is 12.1 Å². The van der Waals surface area contributed by atoms with Crippen LogP contribution in [0.1, 0.15) is 58.1 Å². The van der Waals surface area contributed by atoms with Crippen molar-refractivity contribution in [1.29, 1.82) is 0 Å². The first-order valence-electron chi connectivity index (χ1n) is 9.09. The maximum Gasteiger partial charge on any atom is 0.410 e. The molecular weight excluding hydrogens is 337 g/mol. The standard InChI is InChI=1S/C20H26FNO4/c1-19(2,3)26-18(24)22-10-8-20(9-11-22)13-16(23)12-17(25-20)14-4-6-15(21)7-5-14/h4-7,17H,8-13H2,1-3H3. The van der Waals surface area contributed by atoms with Crippen LogP contribution in [0.2, 0.25) is 0 Å². The molecule has 1 aromatic carbocycles. The number of amides is 1. The van der Waals surface area contributed by atoms with Gasteiger partial charge in [-0.1, -0.05) is 12.1 Å². The predicted molar refractivity (Wildman–Crippen MR) is 94.2 cm³/mol. The van der Waals surface area contributed by atoms with Crippen LogP contribution in [0.25, 0.3) is 0 Å². The van der Waals surface area contributed by atoms with E-state index >= 15 is 0 Å². The Bertz CT molecular complexity index is 672. The fraction of sp³-hybridized carbons (Fsp3) is 0.600. The molecule has 6 heteroatoms. The fourth-order valence-electron chi connectivity index (χ4n) is 3.60. The minimum atomic E-state index is -0.549. The van der Waals surface area contributed by atoms with Crippen LogP contribution in [0.3, 0.4) is 0 Å². The van der Waals surface area contributed by atoms with E-state index in [2.05, 4.69) is 0 Å². The van der Waals surface area contributed by atoms with Gasteiger partial charge in [0, 0.05) is 25.9 Å². The van der Waals surface area contributed by atoms with Crippen molar-refractivity contribution in [3.8, 4) is 0 Å². The second-order valence-electron chi connectivity index (χ2n) is 8.23. The van der Waals surface area contributed by atoms with Crippen molar-refractivity contribution in [3.63, 3.8) is 0 Å². The Morgan fingerprint density at radius 1 is 1.23 bits per heavy atom. The zero-order valence-corrected chi connectivity index (χ0v) is 15.6. The first-order chi connectivity index (χ1) is 12.2. The molecule has 0 aromatic heterocycles. The number of piperidine rings is 1. The number of Topliss-reactive ketones (excluding diaryl/α,β-unsaturated/α-hetero) is 1. The average molecular weight is 363 g/mol. The number of nitrogens with zero attached hydrogens (tertiary/aromatic N) is 1. The highest BCUT2D eigenvalue weighted by molar-refractivity contribution is 5.81. The van der Waals surface area contributed by atoms with Gasteiger partial charge in [0.15, 0.2) is 0 Å². The third kappa shape index (κ3) is 4.41. The maximum absolute atomic E-state index is 13.2. The second-order valence-corrected chi connectivity index (χ2v) is 8.23. The molecule has 2 fully saturated rings. The van der Waals surface area contributed by atoms with Crippen molar-refractivity contribution in [1.82, 2.24) is 4.90 Å². The van der Waals surface area contributed by atoms with Crippen LogP contribution in [0.15, 0.2) is 24.3 Å². The monoisotopic (exact) mass is 363 g/mol. The Labute approximate surface area is 153 Å². The van der Waals surface area contributed by atoms with E-state index in [1.807, 2.05) is 20.8 Å². The first kappa shape index (κ1) is 18.8. The van der Waals surface area contributed by atoms with Gasteiger partial charge in [0.25, 0.3) is 0 Å². The molecule has 2 aliphatic heterocycles. The number of ketones is 1. The molecule has 0 saturated carbocycles. The van der Waals surface area contributed by atoms with Crippen molar-refractivity contribution in [2.24, 2.45) is 0 Å². The molecule has 1 aromatic rings. The minimum Gasteiger partial charge on any atom is -0.444 e. The van der Waals surface area contributed by atoms with Gasteiger partial charge in [-0.05, 0) is 51.3 Å². The number of likely N-dealkylation sites (tertiary alicyclic amines) is 1. The lowest BCUT2D eigenvalue weighted by molar-refractivity contribution is -0.168. The van der Waals surface area contributed by atoms with E-state index in [9.17, 15) is 14.0 Å². The van der Waals surface area contributed by atoms with Crippen molar-refractivity contribution in [2.45, 2.75) is 63.8 Å². The lowest BCUT2D eigenvalue weighted by atomic mass is 9.81. The lowest BCUT2D eigenvalue weighted by Crippen LogP contribution is -2.52. The number of halogens is 1. The Kier molecular flexibility index (Phi) is 5.06. The Morgan fingerprint density at radius 3 is 2.42 bits per heavy atom.